The van der Waals surface area contributed by atoms with E-state index in [1.807, 2.05) is 66.7 Å². The first-order valence-corrected chi connectivity index (χ1v) is 11.8. The number of hydrogen-bond acceptors (Lipinski definition) is 6. The molecule has 0 bridgehead atoms. The summed E-state index contributed by atoms with van der Waals surface area (Å²) in [5, 5.41) is 17.0. The van der Waals surface area contributed by atoms with Crippen molar-refractivity contribution in [3.63, 3.8) is 0 Å². The molecule has 0 spiro atoms. The average molecular weight is 502 g/mol. The fraction of sp³-hybridized carbons (Fsp3) is 0.208. The van der Waals surface area contributed by atoms with Crippen LogP contribution < -0.4 is 10.1 Å². The Morgan fingerprint density at radius 2 is 1.73 bits per heavy atom. The molecule has 4 aromatic rings. The second kappa shape index (κ2) is 13.2. The molecule has 0 radical (unpaired) electrons. The molecule has 172 valence electrons. The maximum atomic E-state index is 6.21. The van der Waals surface area contributed by atoms with Gasteiger partial charge in [0.2, 0.25) is 5.16 Å². The molecule has 0 unspecified atom stereocenters. The third-order valence-corrected chi connectivity index (χ3v) is 5.99. The Hall–Kier alpha value is -2.58. The van der Waals surface area contributed by atoms with E-state index < -0.39 is 0 Å². The molecule has 0 fully saturated rings. The minimum Gasteiger partial charge on any atom is -0.489 e. The van der Waals surface area contributed by atoms with Crippen molar-refractivity contribution >= 4 is 35.8 Å². The lowest BCUT2D eigenvalue weighted by atomic mass is 10.2. The third-order valence-electron chi connectivity index (χ3n) is 4.75. The predicted octanol–water partition coefficient (Wildman–Crippen LogP) is 5.59. The van der Waals surface area contributed by atoms with Gasteiger partial charge in [0.25, 0.3) is 0 Å². The van der Waals surface area contributed by atoms with Crippen LogP contribution in [0.1, 0.15) is 17.5 Å². The van der Waals surface area contributed by atoms with Crippen LogP contribution in [-0.2, 0) is 13.2 Å². The van der Waals surface area contributed by atoms with Gasteiger partial charge >= 0.3 is 0 Å². The average Bonchev–Trinajstić information content (AvgIpc) is 3.30. The van der Waals surface area contributed by atoms with Crippen LogP contribution in [-0.4, -0.2) is 32.5 Å². The van der Waals surface area contributed by atoms with Crippen molar-refractivity contribution in [3.8, 4) is 11.4 Å². The van der Waals surface area contributed by atoms with Crippen LogP contribution in [0.4, 0.5) is 0 Å². The van der Waals surface area contributed by atoms with Gasteiger partial charge < -0.3 is 10.1 Å². The van der Waals surface area contributed by atoms with Gasteiger partial charge in [0.15, 0.2) is 0 Å². The monoisotopic (exact) mass is 501 g/mol. The third kappa shape index (κ3) is 7.47. The van der Waals surface area contributed by atoms with Gasteiger partial charge in [-0.25, -0.2) is 0 Å². The molecule has 0 atom stereocenters. The molecule has 0 aliphatic carbocycles. The Bertz CT molecular complexity index is 1110. The van der Waals surface area contributed by atoms with Gasteiger partial charge in [0.05, 0.1) is 5.69 Å². The number of aromatic nitrogens is 4. The lowest BCUT2D eigenvalue weighted by Crippen LogP contribution is -2.16. The summed E-state index contributed by atoms with van der Waals surface area (Å²) in [5.74, 6) is 1.76. The number of nitrogens with one attached hydrogen (secondary N) is 1. The molecule has 3 aromatic carbocycles. The lowest BCUT2D eigenvalue weighted by Gasteiger charge is -2.13. The first kappa shape index (κ1) is 25.1. The summed E-state index contributed by atoms with van der Waals surface area (Å²) in [5.41, 5.74) is 3.15. The number of thioether (sulfide) groups is 1. The SMILES string of the molecule is Cl.Clc1ccc(OCc2ccccc2)c(CNCCCSc2nnnn2-c2ccccc2)c1. The van der Waals surface area contributed by atoms with Crippen molar-refractivity contribution in [2.24, 2.45) is 0 Å². The summed E-state index contributed by atoms with van der Waals surface area (Å²) in [6.45, 7) is 2.09. The summed E-state index contributed by atoms with van der Waals surface area (Å²) in [6, 6.07) is 25.8. The van der Waals surface area contributed by atoms with Crippen LogP contribution in [0.3, 0.4) is 0 Å². The first-order chi connectivity index (χ1) is 15.8. The smallest absolute Gasteiger partial charge is 0.214 e. The van der Waals surface area contributed by atoms with Crippen molar-refractivity contribution in [1.29, 1.82) is 0 Å². The number of para-hydroxylation sites is 1. The van der Waals surface area contributed by atoms with Crippen LogP contribution in [0.25, 0.3) is 5.69 Å². The molecule has 0 amide bonds. The van der Waals surface area contributed by atoms with Gasteiger partial charge in [-0.05, 0) is 59.3 Å². The quantitative estimate of drug-likeness (QED) is 0.213. The second-order valence-corrected chi connectivity index (χ2v) is 8.61. The largest absolute Gasteiger partial charge is 0.489 e. The van der Waals surface area contributed by atoms with Gasteiger partial charge in [-0.15, -0.1) is 17.5 Å². The zero-order valence-electron chi connectivity index (χ0n) is 17.9. The molecule has 0 aliphatic rings. The highest BCUT2D eigenvalue weighted by atomic mass is 35.5. The minimum atomic E-state index is 0. The van der Waals surface area contributed by atoms with E-state index in [0.717, 1.165) is 46.4 Å². The number of hydrogen-bond donors (Lipinski definition) is 1. The molecule has 0 saturated heterocycles. The number of rotatable bonds is 11. The standard InChI is InChI=1S/C24H24ClN5OS.ClH/c25-21-12-13-23(31-18-19-8-3-1-4-9-19)20(16-21)17-26-14-7-15-32-24-27-28-29-30(24)22-10-5-2-6-11-22;/h1-6,8-13,16,26H,7,14-15,17-18H2;1H. The highest BCUT2D eigenvalue weighted by molar-refractivity contribution is 7.99. The van der Waals surface area contributed by atoms with Crippen molar-refractivity contribution in [2.75, 3.05) is 12.3 Å². The molecule has 0 saturated carbocycles. The fourth-order valence-corrected chi connectivity index (χ4v) is 4.17. The van der Waals surface area contributed by atoms with E-state index in [2.05, 4.69) is 33.0 Å². The van der Waals surface area contributed by atoms with Crippen molar-refractivity contribution in [1.82, 2.24) is 25.5 Å². The van der Waals surface area contributed by atoms with Crippen molar-refractivity contribution < 1.29 is 4.74 Å². The number of benzene rings is 3. The van der Waals surface area contributed by atoms with E-state index in [4.69, 9.17) is 16.3 Å². The van der Waals surface area contributed by atoms with Gasteiger partial charge in [-0.2, -0.15) is 4.68 Å². The minimum absolute atomic E-state index is 0. The Morgan fingerprint density at radius 3 is 2.52 bits per heavy atom. The molecule has 1 heterocycles. The highest BCUT2D eigenvalue weighted by Gasteiger charge is 2.09. The Balaban J connectivity index is 0.00000306. The van der Waals surface area contributed by atoms with E-state index in [-0.39, 0.29) is 12.4 Å². The molecule has 4 rings (SSSR count). The second-order valence-electron chi connectivity index (χ2n) is 7.11. The Kier molecular flexibility index (Phi) is 10.0. The molecular weight excluding hydrogens is 477 g/mol. The maximum Gasteiger partial charge on any atom is 0.214 e. The van der Waals surface area contributed by atoms with Gasteiger partial charge in [0, 0.05) is 22.9 Å². The zero-order valence-corrected chi connectivity index (χ0v) is 20.3. The fourth-order valence-electron chi connectivity index (χ4n) is 3.15. The molecule has 9 heteroatoms. The van der Waals surface area contributed by atoms with Crippen molar-refractivity contribution in [2.45, 2.75) is 24.7 Å². The summed E-state index contributed by atoms with van der Waals surface area (Å²) >= 11 is 7.86. The van der Waals surface area contributed by atoms with Crippen LogP contribution >= 0.6 is 35.8 Å². The summed E-state index contributed by atoms with van der Waals surface area (Å²) in [7, 11) is 0. The molecular formula is C24H25Cl2N5OS. The number of nitrogens with zero attached hydrogens (tertiary/aromatic N) is 4. The number of ether oxygens (including phenoxy) is 1. The zero-order chi connectivity index (χ0) is 22.0. The van der Waals surface area contributed by atoms with Gasteiger partial charge in [0.1, 0.15) is 12.4 Å². The molecule has 1 N–H and O–H groups in total. The van der Waals surface area contributed by atoms with E-state index in [1.165, 1.54) is 0 Å². The van der Waals surface area contributed by atoms with Crippen LogP contribution in [0, 0.1) is 0 Å². The van der Waals surface area contributed by atoms with Gasteiger partial charge in [-0.1, -0.05) is 71.9 Å². The lowest BCUT2D eigenvalue weighted by molar-refractivity contribution is 0.302. The number of halogens is 2. The molecule has 0 aliphatic heterocycles. The Labute approximate surface area is 209 Å². The summed E-state index contributed by atoms with van der Waals surface area (Å²) in [4.78, 5) is 0. The predicted molar refractivity (Wildman–Crippen MR) is 136 cm³/mol. The first-order valence-electron chi connectivity index (χ1n) is 10.4. The van der Waals surface area contributed by atoms with E-state index in [9.17, 15) is 0 Å². The van der Waals surface area contributed by atoms with E-state index >= 15 is 0 Å². The topological polar surface area (TPSA) is 64.9 Å². The maximum absolute atomic E-state index is 6.21. The van der Waals surface area contributed by atoms with Crippen LogP contribution in [0.15, 0.2) is 84.0 Å². The highest BCUT2D eigenvalue weighted by Crippen LogP contribution is 2.24. The molecule has 33 heavy (non-hydrogen) atoms. The van der Waals surface area contributed by atoms with E-state index in [1.54, 1.807) is 16.4 Å². The summed E-state index contributed by atoms with van der Waals surface area (Å²) < 4.78 is 7.80. The van der Waals surface area contributed by atoms with Crippen LogP contribution in [0.2, 0.25) is 5.02 Å². The van der Waals surface area contributed by atoms with Gasteiger partial charge in [-0.3, -0.25) is 0 Å². The Morgan fingerprint density at radius 1 is 0.970 bits per heavy atom. The molecule has 1 aromatic heterocycles. The normalized spacial score (nSPS) is 10.6. The summed E-state index contributed by atoms with van der Waals surface area (Å²) in [6.07, 6.45) is 0.979. The molecule has 6 nitrogen and oxygen atoms in total. The van der Waals surface area contributed by atoms with Crippen LogP contribution in [0.5, 0.6) is 5.75 Å². The number of tetrazole rings is 1. The van der Waals surface area contributed by atoms with E-state index in [0.29, 0.717) is 18.2 Å². The van der Waals surface area contributed by atoms with Crippen molar-refractivity contribution in [3.05, 3.63) is 95.0 Å².